The number of amides is 1. The molecule has 21 heavy (non-hydrogen) atoms. The molecule has 1 saturated heterocycles. The summed E-state index contributed by atoms with van der Waals surface area (Å²) in [5.41, 5.74) is 2.90. The molecule has 0 saturated carbocycles. The third-order valence-corrected chi connectivity index (χ3v) is 4.71. The zero-order valence-electron chi connectivity index (χ0n) is 12.8. The van der Waals surface area contributed by atoms with Crippen molar-refractivity contribution in [3.63, 3.8) is 0 Å². The molecule has 1 fully saturated rings. The first-order valence-electron chi connectivity index (χ1n) is 8.16. The van der Waals surface area contributed by atoms with Gasteiger partial charge >= 0.3 is 0 Å². The fourth-order valence-corrected chi connectivity index (χ4v) is 3.34. The van der Waals surface area contributed by atoms with Crippen LogP contribution >= 0.6 is 0 Å². The van der Waals surface area contributed by atoms with Gasteiger partial charge in [-0.05, 0) is 50.4 Å². The zero-order valence-corrected chi connectivity index (χ0v) is 12.8. The van der Waals surface area contributed by atoms with Gasteiger partial charge < -0.3 is 10.1 Å². The zero-order chi connectivity index (χ0) is 14.7. The monoisotopic (exact) mass is 291 g/mol. The highest BCUT2D eigenvalue weighted by atomic mass is 16.5. The van der Waals surface area contributed by atoms with Gasteiger partial charge in [0, 0.05) is 31.0 Å². The van der Waals surface area contributed by atoms with Crippen LogP contribution in [0, 0.1) is 11.8 Å². The minimum Gasteiger partial charge on any atom is -0.381 e. The summed E-state index contributed by atoms with van der Waals surface area (Å²) < 4.78 is 5.36. The van der Waals surface area contributed by atoms with Crippen molar-refractivity contribution >= 4 is 5.91 Å². The highest BCUT2D eigenvalue weighted by molar-refractivity contribution is 5.94. The van der Waals surface area contributed by atoms with Crippen LogP contribution in [-0.2, 0) is 17.6 Å². The van der Waals surface area contributed by atoms with Gasteiger partial charge in [-0.1, -0.05) is 6.92 Å². The Bertz CT molecular complexity index is 492. The average Bonchev–Trinajstić information content (AvgIpc) is 3.12. The summed E-state index contributed by atoms with van der Waals surface area (Å²) >= 11 is 0. The van der Waals surface area contributed by atoms with Crippen LogP contribution in [0.2, 0.25) is 0 Å². The maximum Gasteiger partial charge on any atom is 0.272 e. The molecule has 0 spiro atoms. The van der Waals surface area contributed by atoms with E-state index in [0.29, 0.717) is 17.5 Å². The Morgan fingerprint density at radius 2 is 2.38 bits per heavy atom. The summed E-state index contributed by atoms with van der Waals surface area (Å²) in [4.78, 5) is 12.3. The van der Waals surface area contributed by atoms with Crippen LogP contribution in [-0.4, -0.2) is 35.9 Å². The number of nitrogens with zero attached hydrogens (tertiary/aromatic N) is 1. The number of aromatic amines is 1. The number of carbonyl (C=O) groups excluding carboxylic acids is 1. The van der Waals surface area contributed by atoms with Crippen molar-refractivity contribution in [2.24, 2.45) is 11.8 Å². The highest BCUT2D eigenvalue weighted by Gasteiger charge is 2.24. The smallest absolute Gasteiger partial charge is 0.272 e. The SMILES string of the molecule is C[C@@H]1CCc2[nH]nc(C(=O)NCCC[C@@H]3CCOC3)c2C1. The van der Waals surface area contributed by atoms with E-state index in [1.54, 1.807) is 0 Å². The Morgan fingerprint density at radius 1 is 1.48 bits per heavy atom. The summed E-state index contributed by atoms with van der Waals surface area (Å²) in [5, 5.41) is 10.3. The number of aryl methyl sites for hydroxylation is 1. The van der Waals surface area contributed by atoms with Crippen LogP contribution in [0.1, 0.15) is 54.4 Å². The van der Waals surface area contributed by atoms with Crippen molar-refractivity contribution in [1.82, 2.24) is 15.5 Å². The number of aromatic nitrogens is 2. The fraction of sp³-hybridized carbons (Fsp3) is 0.750. The Morgan fingerprint density at radius 3 is 3.19 bits per heavy atom. The third kappa shape index (κ3) is 3.46. The summed E-state index contributed by atoms with van der Waals surface area (Å²) in [5.74, 6) is 1.30. The van der Waals surface area contributed by atoms with Gasteiger partial charge in [0.15, 0.2) is 5.69 Å². The largest absolute Gasteiger partial charge is 0.381 e. The number of fused-ring (bicyclic) bond motifs is 1. The molecule has 0 radical (unpaired) electrons. The molecule has 3 rings (SSSR count). The number of ether oxygens (including phenoxy) is 1. The van der Waals surface area contributed by atoms with E-state index in [-0.39, 0.29) is 5.91 Å². The second kappa shape index (κ2) is 6.60. The second-order valence-electron chi connectivity index (χ2n) is 6.51. The van der Waals surface area contributed by atoms with Gasteiger partial charge in [0.2, 0.25) is 0 Å². The van der Waals surface area contributed by atoms with Crippen molar-refractivity contribution in [3.8, 4) is 0 Å². The maximum atomic E-state index is 12.3. The number of H-pyrrole nitrogens is 1. The standard InChI is InChI=1S/C16H25N3O2/c1-11-4-5-14-13(9-11)15(19-18-14)16(20)17-7-2-3-12-6-8-21-10-12/h11-12H,2-10H2,1H3,(H,17,20)(H,18,19)/t11-,12-/m1/s1. The Kier molecular flexibility index (Phi) is 4.58. The first-order valence-corrected chi connectivity index (χ1v) is 8.16. The first kappa shape index (κ1) is 14.6. The van der Waals surface area contributed by atoms with Crippen molar-refractivity contribution in [2.75, 3.05) is 19.8 Å². The molecule has 1 amide bonds. The van der Waals surface area contributed by atoms with E-state index in [1.807, 2.05) is 0 Å². The van der Waals surface area contributed by atoms with Crippen LogP contribution in [0.25, 0.3) is 0 Å². The molecule has 0 aromatic carbocycles. The van der Waals surface area contributed by atoms with E-state index in [9.17, 15) is 4.79 Å². The Hall–Kier alpha value is -1.36. The van der Waals surface area contributed by atoms with Gasteiger partial charge in [-0.15, -0.1) is 0 Å². The molecule has 0 bridgehead atoms. The molecule has 116 valence electrons. The fourth-order valence-electron chi connectivity index (χ4n) is 3.34. The second-order valence-corrected chi connectivity index (χ2v) is 6.51. The molecule has 1 aromatic heterocycles. The van der Waals surface area contributed by atoms with E-state index in [2.05, 4.69) is 22.4 Å². The Labute approximate surface area is 125 Å². The molecule has 1 aliphatic carbocycles. The van der Waals surface area contributed by atoms with Gasteiger partial charge in [0.25, 0.3) is 5.91 Å². The summed E-state index contributed by atoms with van der Waals surface area (Å²) in [6, 6.07) is 0. The molecule has 2 atom stereocenters. The van der Waals surface area contributed by atoms with Crippen LogP contribution in [0.15, 0.2) is 0 Å². The molecule has 2 N–H and O–H groups in total. The molecular formula is C16H25N3O2. The molecule has 2 aliphatic rings. The van der Waals surface area contributed by atoms with Gasteiger partial charge in [-0.2, -0.15) is 5.10 Å². The topological polar surface area (TPSA) is 67.0 Å². The minimum absolute atomic E-state index is 0.0238. The lowest BCUT2D eigenvalue weighted by molar-refractivity contribution is 0.0946. The lowest BCUT2D eigenvalue weighted by Crippen LogP contribution is -2.27. The normalized spacial score (nSPS) is 24.8. The van der Waals surface area contributed by atoms with E-state index in [4.69, 9.17) is 4.74 Å². The number of hydrogen-bond donors (Lipinski definition) is 2. The minimum atomic E-state index is -0.0238. The van der Waals surface area contributed by atoms with Crippen molar-refractivity contribution < 1.29 is 9.53 Å². The number of hydrogen-bond acceptors (Lipinski definition) is 3. The van der Waals surface area contributed by atoms with Gasteiger partial charge in [0.1, 0.15) is 0 Å². The maximum absolute atomic E-state index is 12.3. The molecule has 1 aromatic rings. The van der Waals surface area contributed by atoms with Crippen LogP contribution in [0.4, 0.5) is 0 Å². The molecule has 0 unspecified atom stereocenters. The summed E-state index contributed by atoms with van der Waals surface area (Å²) in [6.45, 7) is 4.75. The quantitative estimate of drug-likeness (QED) is 0.816. The van der Waals surface area contributed by atoms with Crippen LogP contribution in [0.5, 0.6) is 0 Å². The van der Waals surface area contributed by atoms with E-state index < -0.39 is 0 Å². The van der Waals surface area contributed by atoms with E-state index in [0.717, 1.165) is 56.7 Å². The molecule has 5 nitrogen and oxygen atoms in total. The Balaban J connectivity index is 1.48. The molecule has 2 heterocycles. The van der Waals surface area contributed by atoms with Gasteiger partial charge in [-0.25, -0.2) is 0 Å². The lowest BCUT2D eigenvalue weighted by atomic mass is 9.87. The van der Waals surface area contributed by atoms with Crippen LogP contribution in [0.3, 0.4) is 0 Å². The third-order valence-electron chi connectivity index (χ3n) is 4.71. The molecular weight excluding hydrogens is 266 g/mol. The van der Waals surface area contributed by atoms with E-state index >= 15 is 0 Å². The average molecular weight is 291 g/mol. The van der Waals surface area contributed by atoms with Crippen molar-refractivity contribution in [1.29, 1.82) is 0 Å². The van der Waals surface area contributed by atoms with Gasteiger partial charge in [0.05, 0.1) is 0 Å². The van der Waals surface area contributed by atoms with E-state index in [1.165, 1.54) is 12.8 Å². The van der Waals surface area contributed by atoms with Gasteiger partial charge in [-0.3, -0.25) is 9.89 Å². The lowest BCUT2D eigenvalue weighted by Gasteiger charge is -2.18. The summed E-state index contributed by atoms with van der Waals surface area (Å²) in [6.07, 6.45) is 6.48. The molecule has 5 heteroatoms. The first-order chi connectivity index (χ1) is 10.2. The van der Waals surface area contributed by atoms with Crippen molar-refractivity contribution in [3.05, 3.63) is 17.0 Å². The van der Waals surface area contributed by atoms with Crippen molar-refractivity contribution in [2.45, 2.75) is 45.4 Å². The number of nitrogens with one attached hydrogen (secondary N) is 2. The number of rotatable bonds is 5. The predicted molar refractivity (Wildman–Crippen MR) is 80.3 cm³/mol. The summed E-state index contributed by atoms with van der Waals surface area (Å²) in [7, 11) is 0. The highest BCUT2D eigenvalue weighted by Crippen LogP contribution is 2.26. The molecule has 1 aliphatic heterocycles. The number of carbonyl (C=O) groups is 1. The van der Waals surface area contributed by atoms with Crippen LogP contribution < -0.4 is 5.32 Å². The predicted octanol–water partition coefficient (Wildman–Crippen LogP) is 2.08.